The molecular weight excluding hydrogens is 216 g/mol. The van der Waals surface area contributed by atoms with Gasteiger partial charge in [-0.1, -0.05) is 0 Å². The van der Waals surface area contributed by atoms with Crippen molar-refractivity contribution in [3.05, 3.63) is 5.82 Å². The van der Waals surface area contributed by atoms with E-state index in [0.717, 1.165) is 11.5 Å². The molecule has 6 nitrogen and oxygen atoms in total. The quantitative estimate of drug-likeness (QED) is 0.748. The van der Waals surface area contributed by atoms with Gasteiger partial charge in [-0.25, -0.2) is 4.98 Å². The van der Waals surface area contributed by atoms with Gasteiger partial charge < -0.3 is 5.73 Å². The van der Waals surface area contributed by atoms with Crippen LogP contribution >= 0.6 is 11.5 Å². The summed E-state index contributed by atoms with van der Waals surface area (Å²) in [6.45, 7) is 2.08. The Morgan fingerprint density at radius 3 is 2.87 bits per heavy atom. The Bertz CT molecular complexity index is 417. The lowest BCUT2D eigenvalue weighted by molar-refractivity contribution is -0.123. The zero-order chi connectivity index (χ0) is 11.0. The third kappa shape index (κ3) is 1.82. The fourth-order valence-corrected chi connectivity index (χ4v) is 2.18. The van der Waals surface area contributed by atoms with Crippen LogP contribution < -0.4 is 10.6 Å². The third-order valence-electron chi connectivity index (χ3n) is 2.28. The highest BCUT2D eigenvalue weighted by Crippen LogP contribution is 2.25. The first-order valence-electron chi connectivity index (χ1n) is 4.48. The standard InChI is InChI=1S/C8H10N4O2S/c1-4-10-8(15-11-4)12-3-5(7(9)14)2-6(12)13/h5H,2-3H2,1H3,(H2,9,14). The molecule has 0 radical (unpaired) electrons. The first-order chi connectivity index (χ1) is 7.08. The molecule has 1 aromatic rings. The van der Waals surface area contributed by atoms with Gasteiger partial charge in [0.05, 0.1) is 5.92 Å². The Morgan fingerprint density at radius 2 is 2.40 bits per heavy atom. The second-order valence-corrected chi connectivity index (χ2v) is 4.16. The first-order valence-corrected chi connectivity index (χ1v) is 5.25. The number of anilines is 1. The second-order valence-electron chi connectivity index (χ2n) is 3.43. The van der Waals surface area contributed by atoms with Gasteiger partial charge in [0, 0.05) is 24.5 Å². The van der Waals surface area contributed by atoms with Crippen LogP contribution in [0.25, 0.3) is 0 Å². The topological polar surface area (TPSA) is 89.2 Å². The van der Waals surface area contributed by atoms with Crippen LogP contribution in [0.2, 0.25) is 0 Å². The molecule has 1 aromatic heterocycles. The molecule has 1 saturated heterocycles. The molecule has 1 aliphatic rings. The van der Waals surface area contributed by atoms with Gasteiger partial charge in [0.1, 0.15) is 5.82 Å². The van der Waals surface area contributed by atoms with Crippen LogP contribution in [-0.4, -0.2) is 27.7 Å². The van der Waals surface area contributed by atoms with Crippen LogP contribution in [0.5, 0.6) is 0 Å². The third-order valence-corrected chi connectivity index (χ3v) is 3.11. The highest BCUT2D eigenvalue weighted by atomic mass is 32.1. The Hall–Kier alpha value is -1.50. The minimum absolute atomic E-state index is 0.116. The maximum atomic E-state index is 11.6. The SMILES string of the molecule is Cc1nsc(N2CC(C(N)=O)CC2=O)n1. The van der Waals surface area contributed by atoms with Crippen LogP contribution in [0.3, 0.4) is 0 Å². The van der Waals surface area contributed by atoms with Gasteiger partial charge in [0.15, 0.2) is 0 Å². The summed E-state index contributed by atoms with van der Waals surface area (Å²) in [5.74, 6) is -0.325. The Kier molecular flexibility index (Phi) is 2.39. The molecule has 0 spiro atoms. The Balaban J connectivity index is 2.18. The highest BCUT2D eigenvalue weighted by molar-refractivity contribution is 7.09. The molecule has 0 aliphatic carbocycles. The fourth-order valence-electron chi connectivity index (χ4n) is 1.48. The number of rotatable bonds is 2. The van der Waals surface area contributed by atoms with Crippen LogP contribution in [0.15, 0.2) is 0 Å². The molecule has 80 valence electrons. The van der Waals surface area contributed by atoms with E-state index in [1.807, 2.05) is 0 Å². The monoisotopic (exact) mass is 226 g/mol. The molecule has 1 aliphatic heterocycles. The van der Waals surface area contributed by atoms with Gasteiger partial charge in [0.2, 0.25) is 16.9 Å². The number of hydrogen-bond donors (Lipinski definition) is 1. The number of nitrogens with two attached hydrogens (primary N) is 1. The van der Waals surface area contributed by atoms with E-state index in [9.17, 15) is 9.59 Å². The van der Waals surface area contributed by atoms with Crippen molar-refractivity contribution in [3.8, 4) is 0 Å². The van der Waals surface area contributed by atoms with E-state index in [0.29, 0.717) is 17.5 Å². The number of aromatic nitrogens is 2. The summed E-state index contributed by atoms with van der Waals surface area (Å²) in [5, 5.41) is 0.543. The zero-order valence-electron chi connectivity index (χ0n) is 8.14. The van der Waals surface area contributed by atoms with E-state index in [-0.39, 0.29) is 12.3 Å². The Labute approximate surface area is 90.3 Å². The van der Waals surface area contributed by atoms with Crippen molar-refractivity contribution in [2.24, 2.45) is 11.7 Å². The predicted octanol–water partition coefficient (Wildman–Crippen LogP) is -0.315. The maximum Gasteiger partial charge on any atom is 0.229 e. The van der Waals surface area contributed by atoms with Crippen LogP contribution in [0.1, 0.15) is 12.2 Å². The molecule has 0 bridgehead atoms. The predicted molar refractivity (Wildman–Crippen MR) is 54.3 cm³/mol. The van der Waals surface area contributed by atoms with E-state index in [2.05, 4.69) is 9.36 Å². The smallest absolute Gasteiger partial charge is 0.229 e. The summed E-state index contributed by atoms with van der Waals surface area (Å²) in [7, 11) is 0. The molecule has 15 heavy (non-hydrogen) atoms. The van der Waals surface area contributed by atoms with Crippen LogP contribution in [0.4, 0.5) is 5.13 Å². The van der Waals surface area contributed by atoms with Crippen LogP contribution in [-0.2, 0) is 9.59 Å². The van der Waals surface area contributed by atoms with Crippen molar-refractivity contribution in [2.75, 3.05) is 11.4 Å². The lowest BCUT2D eigenvalue weighted by atomic mass is 10.1. The number of amides is 2. The number of aryl methyl sites for hydroxylation is 1. The van der Waals surface area contributed by atoms with Crippen molar-refractivity contribution in [2.45, 2.75) is 13.3 Å². The average molecular weight is 226 g/mol. The first kappa shape index (κ1) is 10.0. The fraction of sp³-hybridized carbons (Fsp3) is 0.500. The summed E-state index contributed by atoms with van der Waals surface area (Å²) in [6, 6.07) is 0. The number of carbonyl (C=O) groups excluding carboxylic acids is 2. The van der Waals surface area contributed by atoms with Gasteiger partial charge >= 0.3 is 0 Å². The van der Waals surface area contributed by atoms with Crippen LogP contribution in [0, 0.1) is 12.8 Å². The summed E-state index contributed by atoms with van der Waals surface area (Å²) in [4.78, 5) is 28.1. The molecule has 0 saturated carbocycles. The van der Waals surface area contributed by atoms with Crippen molar-refractivity contribution < 1.29 is 9.59 Å². The molecule has 1 fully saturated rings. The molecule has 2 heterocycles. The number of hydrogen-bond acceptors (Lipinski definition) is 5. The minimum atomic E-state index is -0.438. The van der Waals surface area contributed by atoms with Crippen molar-refractivity contribution >= 4 is 28.5 Å². The second kappa shape index (κ2) is 3.58. The summed E-state index contributed by atoms with van der Waals surface area (Å²) in [5.41, 5.74) is 5.16. The van der Waals surface area contributed by atoms with Crippen molar-refractivity contribution in [1.82, 2.24) is 9.36 Å². The van der Waals surface area contributed by atoms with Gasteiger partial charge in [-0.2, -0.15) is 4.37 Å². The van der Waals surface area contributed by atoms with Crippen molar-refractivity contribution in [3.63, 3.8) is 0 Å². The number of nitrogens with zero attached hydrogens (tertiary/aromatic N) is 3. The molecule has 0 aromatic carbocycles. The summed E-state index contributed by atoms with van der Waals surface area (Å²) < 4.78 is 3.99. The van der Waals surface area contributed by atoms with E-state index < -0.39 is 11.8 Å². The maximum absolute atomic E-state index is 11.6. The number of carbonyl (C=O) groups is 2. The molecule has 2 amide bonds. The van der Waals surface area contributed by atoms with Gasteiger partial charge in [-0.05, 0) is 6.92 Å². The molecular formula is C8H10N4O2S. The molecule has 1 atom stereocenters. The van der Waals surface area contributed by atoms with Gasteiger partial charge in [-0.3, -0.25) is 14.5 Å². The lowest BCUT2D eigenvalue weighted by Gasteiger charge is -2.10. The van der Waals surface area contributed by atoms with Gasteiger partial charge in [-0.15, -0.1) is 0 Å². The highest BCUT2D eigenvalue weighted by Gasteiger charge is 2.35. The minimum Gasteiger partial charge on any atom is -0.369 e. The van der Waals surface area contributed by atoms with E-state index >= 15 is 0 Å². The molecule has 2 rings (SSSR count). The normalized spacial score (nSPS) is 21.0. The lowest BCUT2D eigenvalue weighted by Crippen LogP contribution is -2.28. The van der Waals surface area contributed by atoms with E-state index in [1.165, 1.54) is 4.90 Å². The summed E-state index contributed by atoms with van der Waals surface area (Å²) in [6.07, 6.45) is 0.175. The van der Waals surface area contributed by atoms with E-state index in [4.69, 9.17) is 5.73 Å². The zero-order valence-corrected chi connectivity index (χ0v) is 8.95. The summed E-state index contributed by atoms with van der Waals surface area (Å²) >= 11 is 1.16. The van der Waals surface area contributed by atoms with Crippen molar-refractivity contribution in [1.29, 1.82) is 0 Å². The number of primary amides is 1. The molecule has 1 unspecified atom stereocenters. The Morgan fingerprint density at radius 1 is 1.67 bits per heavy atom. The molecule has 2 N–H and O–H groups in total. The van der Waals surface area contributed by atoms with Gasteiger partial charge in [0.25, 0.3) is 0 Å². The average Bonchev–Trinajstić information content (AvgIpc) is 2.71. The van der Waals surface area contributed by atoms with E-state index in [1.54, 1.807) is 6.92 Å². The largest absolute Gasteiger partial charge is 0.369 e. The molecule has 7 heteroatoms.